The molecule has 1 aromatic rings. The normalized spacial score (nSPS) is 18.6. The lowest BCUT2D eigenvalue weighted by atomic mass is 9.95. The first-order valence-electron chi connectivity index (χ1n) is 7.02. The molecule has 20 heavy (non-hydrogen) atoms. The molecular formula is C14H24ClN3OS. The van der Waals surface area contributed by atoms with E-state index in [2.05, 4.69) is 15.3 Å². The molecule has 1 unspecified atom stereocenters. The Labute approximate surface area is 131 Å². The highest BCUT2D eigenvalue weighted by Crippen LogP contribution is 2.17. The fraction of sp³-hybridized carbons (Fsp3) is 0.714. The van der Waals surface area contributed by atoms with Crippen LogP contribution in [0, 0.1) is 5.92 Å². The summed E-state index contributed by atoms with van der Waals surface area (Å²) in [7, 11) is 0. The van der Waals surface area contributed by atoms with E-state index in [1.54, 1.807) is 24.2 Å². The van der Waals surface area contributed by atoms with E-state index in [4.69, 9.17) is 4.74 Å². The Kier molecular flexibility index (Phi) is 9.18. The van der Waals surface area contributed by atoms with Crippen molar-refractivity contribution >= 4 is 24.2 Å². The van der Waals surface area contributed by atoms with Crippen molar-refractivity contribution in [3.05, 3.63) is 18.1 Å². The highest BCUT2D eigenvalue weighted by Gasteiger charge is 2.12. The molecule has 114 valence electrons. The molecule has 1 aliphatic heterocycles. The molecule has 1 atom stereocenters. The van der Waals surface area contributed by atoms with Crippen LogP contribution in [0.25, 0.3) is 0 Å². The maximum atomic E-state index is 5.72. The van der Waals surface area contributed by atoms with Gasteiger partial charge in [-0.1, -0.05) is 0 Å². The minimum absolute atomic E-state index is 0. The zero-order valence-electron chi connectivity index (χ0n) is 12.0. The van der Waals surface area contributed by atoms with Gasteiger partial charge < -0.3 is 10.1 Å². The number of halogens is 1. The number of rotatable bonds is 7. The van der Waals surface area contributed by atoms with Crippen LogP contribution < -0.4 is 5.32 Å². The van der Waals surface area contributed by atoms with Gasteiger partial charge in [-0.2, -0.15) is 0 Å². The van der Waals surface area contributed by atoms with Crippen LogP contribution in [0.3, 0.4) is 0 Å². The summed E-state index contributed by atoms with van der Waals surface area (Å²) in [5, 5.41) is 4.43. The zero-order chi connectivity index (χ0) is 13.3. The maximum Gasteiger partial charge on any atom is 0.120 e. The topological polar surface area (TPSA) is 47.0 Å². The number of ether oxygens (including phenoxy) is 1. The largest absolute Gasteiger partial charge is 0.375 e. The second-order valence-corrected chi connectivity index (χ2v) is 5.71. The SMILES string of the molecule is CSc1nccnc1COCCCC1CCCNC1.Cl. The first-order chi connectivity index (χ1) is 9.40. The Morgan fingerprint density at radius 1 is 1.40 bits per heavy atom. The van der Waals surface area contributed by atoms with Gasteiger partial charge >= 0.3 is 0 Å². The number of piperidine rings is 1. The minimum atomic E-state index is 0. The fourth-order valence-corrected chi connectivity index (χ4v) is 2.95. The zero-order valence-corrected chi connectivity index (χ0v) is 13.6. The van der Waals surface area contributed by atoms with Crippen molar-refractivity contribution < 1.29 is 4.74 Å². The molecule has 1 fully saturated rings. The van der Waals surface area contributed by atoms with Crippen molar-refractivity contribution in [1.82, 2.24) is 15.3 Å². The van der Waals surface area contributed by atoms with Crippen LogP contribution in [0.5, 0.6) is 0 Å². The third-order valence-corrected chi connectivity index (χ3v) is 4.20. The molecular weight excluding hydrogens is 294 g/mol. The van der Waals surface area contributed by atoms with Gasteiger partial charge in [-0.25, -0.2) is 4.98 Å². The van der Waals surface area contributed by atoms with Gasteiger partial charge in [0.05, 0.1) is 12.3 Å². The molecule has 0 radical (unpaired) electrons. The van der Waals surface area contributed by atoms with Crippen molar-refractivity contribution in [2.24, 2.45) is 5.92 Å². The van der Waals surface area contributed by atoms with Crippen LogP contribution in [0.1, 0.15) is 31.4 Å². The first-order valence-corrected chi connectivity index (χ1v) is 8.25. The van der Waals surface area contributed by atoms with Crippen LogP contribution in [0.15, 0.2) is 17.4 Å². The monoisotopic (exact) mass is 317 g/mol. The van der Waals surface area contributed by atoms with E-state index in [0.29, 0.717) is 6.61 Å². The van der Waals surface area contributed by atoms with E-state index in [-0.39, 0.29) is 12.4 Å². The lowest BCUT2D eigenvalue weighted by Crippen LogP contribution is -2.29. The first kappa shape index (κ1) is 17.7. The molecule has 0 saturated carbocycles. The number of hydrogen-bond donors (Lipinski definition) is 1. The second kappa shape index (κ2) is 10.4. The summed E-state index contributed by atoms with van der Waals surface area (Å²) in [4.78, 5) is 8.60. The molecule has 0 spiro atoms. The average molecular weight is 318 g/mol. The van der Waals surface area contributed by atoms with Gasteiger partial charge in [-0.15, -0.1) is 24.2 Å². The highest BCUT2D eigenvalue weighted by atomic mass is 35.5. The standard InChI is InChI=1S/C14H23N3OS.ClH/c1-19-14-13(16-7-8-17-14)11-18-9-3-5-12-4-2-6-15-10-12;/h7-8,12,15H,2-6,9-11H2,1H3;1H. The van der Waals surface area contributed by atoms with E-state index in [1.807, 2.05) is 6.26 Å². The summed E-state index contributed by atoms with van der Waals surface area (Å²) >= 11 is 1.62. The predicted octanol–water partition coefficient (Wildman–Crippen LogP) is 2.92. The lowest BCUT2D eigenvalue weighted by molar-refractivity contribution is 0.108. The van der Waals surface area contributed by atoms with Crippen molar-refractivity contribution in [2.45, 2.75) is 37.3 Å². The molecule has 1 N–H and O–H groups in total. The van der Waals surface area contributed by atoms with Gasteiger partial charge in [0.25, 0.3) is 0 Å². The quantitative estimate of drug-likeness (QED) is 0.619. The van der Waals surface area contributed by atoms with Gasteiger partial charge in [0.2, 0.25) is 0 Å². The van der Waals surface area contributed by atoms with Gasteiger partial charge in [0.1, 0.15) is 5.03 Å². The van der Waals surface area contributed by atoms with Crippen molar-refractivity contribution in [1.29, 1.82) is 0 Å². The summed E-state index contributed by atoms with van der Waals surface area (Å²) in [6, 6.07) is 0. The molecule has 0 aromatic carbocycles. The van der Waals surface area contributed by atoms with Crippen molar-refractivity contribution in [2.75, 3.05) is 26.0 Å². The van der Waals surface area contributed by atoms with Crippen molar-refractivity contribution in [3.63, 3.8) is 0 Å². The number of nitrogens with zero attached hydrogens (tertiary/aromatic N) is 2. The Morgan fingerprint density at radius 3 is 3.00 bits per heavy atom. The smallest absolute Gasteiger partial charge is 0.120 e. The van der Waals surface area contributed by atoms with Crippen molar-refractivity contribution in [3.8, 4) is 0 Å². The average Bonchev–Trinajstić information content (AvgIpc) is 2.48. The van der Waals surface area contributed by atoms with E-state index in [9.17, 15) is 0 Å². The number of aromatic nitrogens is 2. The van der Waals surface area contributed by atoms with Crippen LogP contribution in [0.2, 0.25) is 0 Å². The van der Waals surface area contributed by atoms with Gasteiger partial charge in [-0.05, 0) is 50.9 Å². The van der Waals surface area contributed by atoms with E-state index in [1.165, 1.54) is 32.4 Å². The molecule has 0 amide bonds. The number of nitrogens with one attached hydrogen (secondary N) is 1. The summed E-state index contributed by atoms with van der Waals surface area (Å²) in [5.74, 6) is 0.843. The van der Waals surface area contributed by atoms with Gasteiger partial charge in [-0.3, -0.25) is 4.98 Å². The summed E-state index contributed by atoms with van der Waals surface area (Å²) < 4.78 is 5.72. The molecule has 0 aliphatic carbocycles. The maximum absolute atomic E-state index is 5.72. The molecule has 0 bridgehead atoms. The molecule has 4 nitrogen and oxygen atoms in total. The minimum Gasteiger partial charge on any atom is -0.375 e. The second-order valence-electron chi connectivity index (χ2n) is 4.92. The molecule has 6 heteroatoms. The lowest BCUT2D eigenvalue weighted by Gasteiger charge is -2.22. The third kappa shape index (κ3) is 5.95. The Balaban J connectivity index is 0.00000200. The highest BCUT2D eigenvalue weighted by molar-refractivity contribution is 7.98. The summed E-state index contributed by atoms with van der Waals surface area (Å²) in [6.07, 6.45) is 10.6. The Morgan fingerprint density at radius 2 is 2.25 bits per heavy atom. The van der Waals surface area contributed by atoms with E-state index >= 15 is 0 Å². The summed E-state index contributed by atoms with van der Waals surface area (Å²) in [5.41, 5.74) is 0.953. The van der Waals surface area contributed by atoms with Crippen LogP contribution in [-0.2, 0) is 11.3 Å². The van der Waals surface area contributed by atoms with E-state index in [0.717, 1.165) is 29.7 Å². The van der Waals surface area contributed by atoms with Gasteiger partial charge in [0, 0.05) is 19.0 Å². The third-order valence-electron chi connectivity index (χ3n) is 3.47. The number of thioether (sulfide) groups is 1. The fourth-order valence-electron chi connectivity index (χ4n) is 2.44. The van der Waals surface area contributed by atoms with Crippen LogP contribution in [0.4, 0.5) is 0 Å². The molecule has 1 saturated heterocycles. The predicted molar refractivity (Wildman–Crippen MR) is 85.5 cm³/mol. The molecule has 2 rings (SSSR count). The Bertz CT molecular complexity index is 375. The van der Waals surface area contributed by atoms with Crippen LogP contribution >= 0.6 is 24.2 Å². The Hall–Kier alpha value is -0.360. The molecule has 1 aromatic heterocycles. The molecule has 1 aliphatic rings. The van der Waals surface area contributed by atoms with Gasteiger partial charge in [0.15, 0.2) is 0 Å². The molecule has 2 heterocycles. The van der Waals surface area contributed by atoms with Crippen LogP contribution in [-0.4, -0.2) is 35.9 Å². The van der Waals surface area contributed by atoms with E-state index < -0.39 is 0 Å². The number of hydrogen-bond acceptors (Lipinski definition) is 5. The summed E-state index contributed by atoms with van der Waals surface area (Å²) in [6.45, 7) is 3.77.